The minimum atomic E-state index is 0.0885. The highest BCUT2D eigenvalue weighted by Crippen LogP contribution is 2.23. The third-order valence-corrected chi connectivity index (χ3v) is 3.48. The molecule has 2 unspecified atom stereocenters. The molecule has 0 saturated carbocycles. The number of nitrogens with zero attached hydrogens (tertiary/aromatic N) is 2. The molecule has 0 bridgehead atoms. The monoisotopic (exact) mass is 237 g/mol. The fraction of sp³-hybridized carbons (Fsp3) is 0.786. The van der Waals surface area contributed by atoms with E-state index in [0.717, 1.165) is 19.4 Å². The van der Waals surface area contributed by atoms with Crippen LogP contribution in [0.5, 0.6) is 0 Å². The predicted octanol–water partition coefficient (Wildman–Crippen LogP) is 3.07. The van der Waals surface area contributed by atoms with Crippen molar-refractivity contribution in [3.05, 3.63) is 17.0 Å². The first-order chi connectivity index (χ1) is 8.04. The molecule has 0 amide bonds. The summed E-state index contributed by atoms with van der Waals surface area (Å²) in [6.07, 6.45) is 3.18. The van der Waals surface area contributed by atoms with Gasteiger partial charge in [-0.05, 0) is 25.7 Å². The fourth-order valence-corrected chi connectivity index (χ4v) is 2.30. The smallest absolute Gasteiger partial charge is 0.0672 e. The highest BCUT2D eigenvalue weighted by atomic mass is 15.3. The quantitative estimate of drug-likeness (QED) is 0.826. The summed E-state index contributed by atoms with van der Waals surface area (Å²) in [6.45, 7) is 11.9. The molecule has 2 atom stereocenters. The normalized spacial score (nSPS) is 14.9. The zero-order chi connectivity index (χ0) is 13.0. The maximum Gasteiger partial charge on any atom is 0.0672 e. The van der Waals surface area contributed by atoms with Crippen molar-refractivity contribution in [2.75, 3.05) is 0 Å². The number of hydrogen-bond donors (Lipinski definition) is 1. The summed E-state index contributed by atoms with van der Waals surface area (Å²) in [6, 6.07) is 0.0885. The lowest BCUT2D eigenvalue weighted by molar-refractivity contribution is 0.427. The molecule has 2 N–H and O–H groups in total. The highest BCUT2D eigenvalue weighted by Gasteiger charge is 2.18. The van der Waals surface area contributed by atoms with Gasteiger partial charge in [0.2, 0.25) is 0 Å². The zero-order valence-corrected chi connectivity index (χ0v) is 12.0. The van der Waals surface area contributed by atoms with Gasteiger partial charge in [0, 0.05) is 23.8 Å². The maximum absolute atomic E-state index is 6.09. The summed E-state index contributed by atoms with van der Waals surface area (Å²) in [5.41, 5.74) is 9.88. The Morgan fingerprint density at radius 2 is 1.82 bits per heavy atom. The van der Waals surface area contributed by atoms with Crippen LogP contribution in [0.3, 0.4) is 0 Å². The summed E-state index contributed by atoms with van der Waals surface area (Å²) in [5.74, 6) is 0.672. The molecule has 0 radical (unpaired) electrons. The average molecular weight is 237 g/mol. The van der Waals surface area contributed by atoms with Gasteiger partial charge >= 0.3 is 0 Å². The van der Waals surface area contributed by atoms with Crippen LogP contribution in [0.4, 0.5) is 0 Å². The minimum Gasteiger partial charge on any atom is -0.324 e. The molecule has 1 aromatic heterocycles. The van der Waals surface area contributed by atoms with Gasteiger partial charge in [-0.2, -0.15) is 5.10 Å². The van der Waals surface area contributed by atoms with E-state index in [4.69, 9.17) is 10.8 Å². The van der Waals surface area contributed by atoms with E-state index < -0.39 is 0 Å². The third kappa shape index (κ3) is 3.09. The molecule has 0 aliphatic heterocycles. The van der Waals surface area contributed by atoms with E-state index >= 15 is 0 Å². The Morgan fingerprint density at radius 3 is 2.24 bits per heavy atom. The minimum absolute atomic E-state index is 0.0885. The van der Waals surface area contributed by atoms with Gasteiger partial charge < -0.3 is 5.73 Å². The Balaban J connectivity index is 3.13. The standard InChI is InChI=1S/C14H27N3/c1-6-10(4)9-17-13(8-3)14(11(5)15)12(7-2)16-17/h10-11H,6-9,15H2,1-5H3. The largest absolute Gasteiger partial charge is 0.324 e. The second kappa shape index (κ2) is 6.20. The fourth-order valence-electron chi connectivity index (χ4n) is 2.30. The lowest BCUT2D eigenvalue weighted by Crippen LogP contribution is -2.13. The summed E-state index contributed by atoms with van der Waals surface area (Å²) in [5, 5.41) is 4.75. The highest BCUT2D eigenvalue weighted by molar-refractivity contribution is 5.29. The van der Waals surface area contributed by atoms with Crippen LogP contribution in [0.25, 0.3) is 0 Å². The predicted molar refractivity (Wildman–Crippen MR) is 73.0 cm³/mol. The Hall–Kier alpha value is -0.830. The molecule has 1 rings (SSSR count). The van der Waals surface area contributed by atoms with Crippen molar-refractivity contribution in [3.8, 4) is 0 Å². The second-order valence-corrected chi connectivity index (χ2v) is 5.00. The summed E-state index contributed by atoms with van der Waals surface area (Å²) < 4.78 is 2.19. The van der Waals surface area contributed by atoms with E-state index in [0.29, 0.717) is 5.92 Å². The van der Waals surface area contributed by atoms with Crippen molar-refractivity contribution in [2.24, 2.45) is 11.7 Å². The van der Waals surface area contributed by atoms with Gasteiger partial charge in [0.15, 0.2) is 0 Å². The van der Waals surface area contributed by atoms with Crippen molar-refractivity contribution in [1.29, 1.82) is 0 Å². The van der Waals surface area contributed by atoms with Gasteiger partial charge in [-0.3, -0.25) is 4.68 Å². The van der Waals surface area contributed by atoms with Crippen LogP contribution in [0.2, 0.25) is 0 Å². The Bertz CT molecular complexity index is 353. The van der Waals surface area contributed by atoms with Crippen molar-refractivity contribution < 1.29 is 0 Å². The Kier molecular flexibility index (Phi) is 5.19. The van der Waals surface area contributed by atoms with Gasteiger partial charge in [-0.1, -0.05) is 34.1 Å². The zero-order valence-electron chi connectivity index (χ0n) is 12.0. The summed E-state index contributed by atoms with van der Waals surface area (Å²) >= 11 is 0. The number of aromatic nitrogens is 2. The first kappa shape index (κ1) is 14.2. The molecule has 3 nitrogen and oxygen atoms in total. The number of nitrogens with two attached hydrogens (primary N) is 1. The molecule has 0 aliphatic carbocycles. The SMILES string of the molecule is CCc1nn(CC(C)CC)c(CC)c1C(C)N. The van der Waals surface area contributed by atoms with E-state index in [1.807, 2.05) is 0 Å². The lowest BCUT2D eigenvalue weighted by atomic mass is 10.0. The van der Waals surface area contributed by atoms with Crippen molar-refractivity contribution in [1.82, 2.24) is 9.78 Å². The van der Waals surface area contributed by atoms with E-state index in [9.17, 15) is 0 Å². The van der Waals surface area contributed by atoms with Crippen LogP contribution in [-0.4, -0.2) is 9.78 Å². The van der Waals surface area contributed by atoms with Gasteiger partial charge in [-0.15, -0.1) is 0 Å². The van der Waals surface area contributed by atoms with Crippen molar-refractivity contribution in [3.63, 3.8) is 0 Å². The number of rotatable bonds is 6. The molecule has 0 fully saturated rings. The maximum atomic E-state index is 6.09. The van der Waals surface area contributed by atoms with E-state index in [-0.39, 0.29) is 6.04 Å². The van der Waals surface area contributed by atoms with Gasteiger partial charge in [0.1, 0.15) is 0 Å². The van der Waals surface area contributed by atoms with E-state index in [1.54, 1.807) is 0 Å². The van der Waals surface area contributed by atoms with E-state index in [2.05, 4.69) is 39.3 Å². The molecular weight excluding hydrogens is 210 g/mol. The second-order valence-electron chi connectivity index (χ2n) is 5.00. The van der Waals surface area contributed by atoms with Crippen molar-refractivity contribution >= 4 is 0 Å². The molecule has 0 saturated heterocycles. The van der Waals surface area contributed by atoms with Crippen LogP contribution >= 0.6 is 0 Å². The molecule has 0 spiro atoms. The van der Waals surface area contributed by atoms with Crippen LogP contribution in [-0.2, 0) is 19.4 Å². The van der Waals surface area contributed by atoms with Crippen LogP contribution < -0.4 is 5.73 Å². The van der Waals surface area contributed by atoms with Crippen molar-refractivity contribution in [2.45, 2.75) is 66.5 Å². The molecule has 98 valence electrons. The summed E-state index contributed by atoms with van der Waals surface area (Å²) in [7, 11) is 0. The Morgan fingerprint density at radius 1 is 1.18 bits per heavy atom. The molecule has 1 heterocycles. The van der Waals surface area contributed by atoms with Crippen LogP contribution in [0.15, 0.2) is 0 Å². The number of hydrogen-bond acceptors (Lipinski definition) is 2. The Labute approximate surface area is 105 Å². The topological polar surface area (TPSA) is 43.8 Å². The first-order valence-electron chi connectivity index (χ1n) is 6.89. The summed E-state index contributed by atoms with van der Waals surface area (Å²) in [4.78, 5) is 0. The van der Waals surface area contributed by atoms with Gasteiger partial charge in [0.25, 0.3) is 0 Å². The molecular formula is C14H27N3. The molecule has 0 aliphatic rings. The third-order valence-electron chi connectivity index (χ3n) is 3.48. The molecule has 1 aromatic rings. The molecule has 0 aromatic carbocycles. The lowest BCUT2D eigenvalue weighted by Gasteiger charge is -2.13. The first-order valence-corrected chi connectivity index (χ1v) is 6.89. The molecule has 17 heavy (non-hydrogen) atoms. The van der Waals surface area contributed by atoms with Crippen LogP contribution in [0.1, 0.15) is 64.0 Å². The average Bonchev–Trinajstić information content (AvgIpc) is 2.66. The number of aryl methyl sites for hydroxylation is 1. The van der Waals surface area contributed by atoms with Crippen LogP contribution in [0, 0.1) is 5.92 Å². The van der Waals surface area contributed by atoms with E-state index in [1.165, 1.54) is 23.4 Å². The van der Waals surface area contributed by atoms with Gasteiger partial charge in [0.05, 0.1) is 5.69 Å². The van der Waals surface area contributed by atoms with Gasteiger partial charge in [-0.25, -0.2) is 0 Å². The molecule has 3 heteroatoms.